The minimum Gasteiger partial charge on any atom is -0.458 e. The molecule has 0 aromatic carbocycles. The van der Waals surface area contributed by atoms with Crippen LogP contribution in [0.3, 0.4) is 0 Å². The van der Waals surface area contributed by atoms with Gasteiger partial charge in [-0.15, -0.1) is 0 Å². The highest BCUT2D eigenvalue weighted by atomic mass is 35.5. The number of likely N-dealkylation sites (tertiary alicyclic amines) is 1. The molecular formula is C17H24ClN3O2S2. The third-order valence-corrected chi connectivity index (χ3v) is 7.70. The summed E-state index contributed by atoms with van der Waals surface area (Å²) in [5, 5.41) is 1.29. The fourth-order valence-corrected chi connectivity index (χ4v) is 6.27. The summed E-state index contributed by atoms with van der Waals surface area (Å²) in [6.07, 6.45) is 10.2. The van der Waals surface area contributed by atoms with Crippen LogP contribution in [-0.4, -0.2) is 51.0 Å². The zero-order valence-electron chi connectivity index (χ0n) is 14.2. The van der Waals surface area contributed by atoms with Gasteiger partial charge in [0, 0.05) is 24.0 Å². The van der Waals surface area contributed by atoms with Crippen LogP contribution in [0.4, 0.5) is 0 Å². The van der Waals surface area contributed by atoms with E-state index in [9.17, 15) is 4.79 Å². The van der Waals surface area contributed by atoms with E-state index < -0.39 is 0 Å². The molecule has 25 heavy (non-hydrogen) atoms. The Kier molecular flexibility index (Phi) is 7.55. The van der Waals surface area contributed by atoms with Crippen molar-refractivity contribution in [1.29, 1.82) is 0 Å². The number of piperidine rings is 1. The van der Waals surface area contributed by atoms with E-state index in [-0.39, 0.29) is 12.0 Å². The van der Waals surface area contributed by atoms with E-state index in [1.165, 1.54) is 31.0 Å². The summed E-state index contributed by atoms with van der Waals surface area (Å²) in [6.45, 7) is 1.45. The maximum Gasteiger partial charge on any atom is 0.316 e. The average molecular weight is 402 g/mol. The number of aromatic nitrogens is 2. The number of carbonyl (C=O) groups excluding carboxylic acids is 1. The number of carbonyl (C=O) groups is 1. The normalized spacial score (nSPS) is 23.6. The number of nitrogens with zero attached hydrogens (tertiary/aromatic N) is 3. The van der Waals surface area contributed by atoms with Gasteiger partial charge in [-0.1, -0.05) is 39.6 Å². The highest BCUT2D eigenvalue weighted by molar-refractivity contribution is 8.77. The molecule has 1 amide bonds. The maximum atomic E-state index is 12.4. The molecule has 2 aliphatic rings. The van der Waals surface area contributed by atoms with E-state index in [4.69, 9.17) is 16.3 Å². The Morgan fingerprint density at radius 3 is 2.92 bits per heavy atom. The van der Waals surface area contributed by atoms with Gasteiger partial charge >= 0.3 is 6.01 Å². The van der Waals surface area contributed by atoms with Crippen LogP contribution in [0.25, 0.3) is 0 Å². The Morgan fingerprint density at radius 2 is 2.16 bits per heavy atom. The summed E-state index contributed by atoms with van der Waals surface area (Å²) in [4.78, 5) is 22.5. The first-order valence-corrected chi connectivity index (χ1v) is 11.7. The molecule has 5 nitrogen and oxygen atoms in total. The lowest BCUT2D eigenvalue weighted by atomic mass is 10.1. The predicted molar refractivity (Wildman–Crippen MR) is 104 cm³/mol. The fourth-order valence-electron chi connectivity index (χ4n) is 3.14. The van der Waals surface area contributed by atoms with E-state index in [1.54, 1.807) is 0 Å². The van der Waals surface area contributed by atoms with Crippen molar-refractivity contribution in [2.45, 2.75) is 56.3 Å². The van der Waals surface area contributed by atoms with E-state index in [2.05, 4.69) is 9.97 Å². The summed E-state index contributed by atoms with van der Waals surface area (Å²) >= 11 is 5.79. The minimum absolute atomic E-state index is 0.0363. The van der Waals surface area contributed by atoms with Crippen molar-refractivity contribution in [2.75, 3.05) is 18.8 Å². The second-order valence-electron chi connectivity index (χ2n) is 6.48. The molecule has 2 saturated heterocycles. The number of rotatable bonds is 7. The molecule has 138 valence electrons. The molecule has 0 aliphatic carbocycles. The third-order valence-electron chi connectivity index (χ3n) is 4.49. The number of hydrogen-bond acceptors (Lipinski definition) is 6. The molecule has 2 aliphatic heterocycles. The Morgan fingerprint density at radius 1 is 1.32 bits per heavy atom. The van der Waals surface area contributed by atoms with Crippen molar-refractivity contribution >= 4 is 39.1 Å². The standard InChI is InChI=1S/C17H24ClN3O2S2/c18-13-10-19-17(20-11-13)23-14-4-3-8-21(12-14)16(22)6-2-1-5-15-7-9-24-25-15/h10-11,14-15H,1-9,12H2. The molecule has 1 aromatic heterocycles. The smallest absolute Gasteiger partial charge is 0.316 e. The molecule has 0 bridgehead atoms. The lowest BCUT2D eigenvalue weighted by Gasteiger charge is -2.32. The fraction of sp³-hybridized carbons (Fsp3) is 0.706. The van der Waals surface area contributed by atoms with Crippen molar-refractivity contribution < 1.29 is 9.53 Å². The van der Waals surface area contributed by atoms with E-state index in [0.29, 0.717) is 24.0 Å². The molecule has 8 heteroatoms. The molecule has 2 atom stereocenters. The lowest BCUT2D eigenvalue weighted by molar-refractivity contribution is -0.134. The first kappa shape index (κ1) is 19.1. The van der Waals surface area contributed by atoms with Gasteiger partial charge in [-0.2, -0.15) is 0 Å². The summed E-state index contributed by atoms with van der Waals surface area (Å²) < 4.78 is 5.80. The van der Waals surface area contributed by atoms with Gasteiger partial charge in [0.15, 0.2) is 0 Å². The summed E-state index contributed by atoms with van der Waals surface area (Å²) in [5.74, 6) is 1.53. The Balaban J connectivity index is 1.37. The van der Waals surface area contributed by atoms with Gasteiger partial charge in [0.05, 0.1) is 24.0 Å². The van der Waals surface area contributed by atoms with Crippen LogP contribution in [0, 0.1) is 0 Å². The first-order valence-electron chi connectivity index (χ1n) is 8.91. The van der Waals surface area contributed by atoms with Crippen molar-refractivity contribution in [1.82, 2.24) is 14.9 Å². The van der Waals surface area contributed by atoms with Crippen LogP contribution >= 0.6 is 33.2 Å². The molecule has 2 unspecified atom stereocenters. The highest BCUT2D eigenvalue weighted by Gasteiger charge is 2.25. The van der Waals surface area contributed by atoms with Crippen LogP contribution in [0.5, 0.6) is 6.01 Å². The van der Waals surface area contributed by atoms with Crippen LogP contribution in [0.2, 0.25) is 5.02 Å². The predicted octanol–water partition coefficient (Wildman–Crippen LogP) is 4.21. The Hall–Kier alpha value is -0.660. The van der Waals surface area contributed by atoms with Gasteiger partial charge in [0.25, 0.3) is 0 Å². The van der Waals surface area contributed by atoms with Crippen LogP contribution in [0.15, 0.2) is 12.4 Å². The highest BCUT2D eigenvalue weighted by Crippen LogP contribution is 2.39. The van der Waals surface area contributed by atoms with E-state index in [0.717, 1.165) is 37.5 Å². The Bertz CT molecular complexity index is 555. The number of amides is 1. The Labute approximate surface area is 162 Å². The van der Waals surface area contributed by atoms with Gasteiger partial charge in [-0.3, -0.25) is 4.79 Å². The number of halogens is 1. The van der Waals surface area contributed by atoms with Gasteiger partial charge in [0.1, 0.15) is 6.10 Å². The number of unbranched alkanes of at least 4 members (excludes halogenated alkanes) is 1. The van der Waals surface area contributed by atoms with Crippen molar-refractivity contribution in [3.63, 3.8) is 0 Å². The molecule has 3 rings (SSSR count). The zero-order valence-corrected chi connectivity index (χ0v) is 16.6. The monoisotopic (exact) mass is 401 g/mol. The van der Waals surface area contributed by atoms with E-state index in [1.807, 2.05) is 26.5 Å². The quantitative estimate of drug-likeness (QED) is 0.503. The van der Waals surface area contributed by atoms with Gasteiger partial charge in [-0.05, 0) is 32.1 Å². The molecule has 1 aromatic rings. The first-order chi connectivity index (χ1) is 12.2. The van der Waals surface area contributed by atoms with Crippen molar-refractivity contribution in [2.24, 2.45) is 0 Å². The third kappa shape index (κ3) is 6.22. The van der Waals surface area contributed by atoms with Crippen molar-refractivity contribution in [3.05, 3.63) is 17.4 Å². The van der Waals surface area contributed by atoms with E-state index >= 15 is 0 Å². The maximum absolute atomic E-state index is 12.4. The van der Waals surface area contributed by atoms with Gasteiger partial charge < -0.3 is 9.64 Å². The van der Waals surface area contributed by atoms with Gasteiger partial charge in [0.2, 0.25) is 5.91 Å². The summed E-state index contributed by atoms with van der Waals surface area (Å²) in [7, 11) is 4.00. The molecule has 0 saturated carbocycles. The SMILES string of the molecule is O=C(CCCCC1CCSS1)N1CCCC(Oc2ncc(Cl)cn2)C1. The van der Waals surface area contributed by atoms with Crippen LogP contribution in [0.1, 0.15) is 44.9 Å². The van der Waals surface area contributed by atoms with Gasteiger partial charge in [-0.25, -0.2) is 9.97 Å². The lowest BCUT2D eigenvalue weighted by Crippen LogP contribution is -2.44. The molecule has 0 radical (unpaired) electrons. The van der Waals surface area contributed by atoms with Crippen LogP contribution < -0.4 is 4.74 Å². The number of hydrogen-bond donors (Lipinski definition) is 0. The topological polar surface area (TPSA) is 55.3 Å². The molecular weight excluding hydrogens is 378 g/mol. The molecule has 2 fully saturated rings. The summed E-state index contributed by atoms with van der Waals surface area (Å²) in [6, 6.07) is 0.329. The second-order valence-corrected chi connectivity index (χ2v) is 9.70. The summed E-state index contributed by atoms with van der Waals surface area (Å²) in [5.41, 5.74) is 0. The van der Waals surface area contributed by atoms with Crippen molar-refractivity contribution in [3.8, 4) is 6.01 Å². The average Bonchev–Trinajstić information content (AvgIpc) is 3.14. The number of ether oxygens (including phenoxy) is 1. The second kappa shape index (κ2) is 9.88. The largest absolute Gasteiger partial charge is 0.458 e. The molecule has 0 N–H and O–H groups in total. The zero-order chi connectivity index (χ0) is 17.5. The molecule has 0 spiro atoms. The van der Waals surface area contributed by atoms with Crippen LogP contribution in [-0.2, 0) is 4.79 Å². The minimum atomic E-state index is -0.0363. The molecule has 3 heterocycles.